The second-order valence-electron chi connectivity index (χ2n) is 6.71. The van der Waals surface area contributed by atoms with Crippen molar-refractivity contribution in [3.05, 3.63) is 53.9 Å². The van der Waals surface area contributed by atoms with Gasteiger partial charge in [0.1, 0.15) is 5.75 Å². The molecule has 0 fully saturated rings. The van der Waals surface area contributed by atoms with E-state index in [0.29, 0.717) is 17.0 Å². The zero-order valence-corrected chi connectivity index (χ0v) is 14.5. The Kier molecular flexibility index (Phi) is 5.57. The van der Waals surface area contributed by atoms with Crippen LogP contribution in [0.15, 0.2) is 42.7 Å². The van der Waals surface area contributed by atoms with Crippen LogP contribution in [0.4, 0.5) is 5.69 Å². The minimum atomic E-state index is -0.669. The number of benzene rings is 1. The summed E-state index contributed by atoms with van der Waals surface area (Å²) in [5, 5.41) is 12.0. The van der Waals surface area contributed by atoms with Crippen molar-refractivity contribution in [2.45, 2.75) is 45.8 Å². The van der Waals surface area contributed by atoms with Crippen LogP contribution in [0, 0.1) is 0 Å². The lowest BCUT2D eigenvalue weighted by Gasteiger charge is -2.20. The van der Waals surface area contributed by atoms with E-state index in [-0.39, 0.29) is 17.9 Å². The summed E-state index contributed by atoms with van der Waals surface area (Å²) >= 11 is 0. The summed E-state index contributed by atoms with van der Waals surface area (Å²) in [7, 11) is 0. The highest BCUT2D eigenvalue weighted by Gasteiger charge is 2.17. The molecule has 1 unspecified atom stereocenters. The third-order valence-electron chi connectivity index (χ3n) is 3.74. The van der Waals surface area contributed by atoms with Gasteiger partial charge in [-0.25, -0.2) is 0 Å². The van der Waals surface area contributed by atoms with E-state index in [4.69, 9.17) is 4.74 Å². The number of aromatic nitrogens is 1. The first kappa shape index (κ1) is 17.9. The highest BCUT2D eigenvalue weighted by atomic mass is 16.5. The Morgan fingerprint density at radius 3 is 2.50 bits per heavy atom. The highest BCUT2D eigenvalue weighted by Crippen LogP contribution is 2.24. The quantitative estimate of drug-likeness (QED) is 0.883. The molecule has 0 bridgehead atoms. The first-order valence-electron chi connectivity index (χ1n) is 7.93. The van der Waals surface area contributed by atoms with Gasteiger partial charge < -0.3 is 15.2 Å². The molecule has 2 rings (SSSR count). The molecular formula is C19H24N2O3. The molecule has 0 saturated heterocycles. The van der Waals surface area contributed by atoms with Crippen molar-refractivity contribution in [2.24, 2.45) is 0 Å². The number of nitrogens with one attached hydrogen (secondary N) is 1. The van der Waals surface area contributed by atoms with E-state index in [2.05, 4.69) is 31.1 Å². The van der Waals surface area contributed by atoms with Crippen molar-refractivity contribution in [3.8, 4) is 5.75 Å². The first-order valence-corrected chi connectivity index (χ1v) is 7.93. The van der Waals surface area contributed by atoms with Crippen LogP contribution in [0.3, 0.4) is 0 Å². The Hall–Kier alpha value is -2.40. The molecule has 1 aromatic carbocycles. The molecule has 0 spiro atoms. The van der Waals surface area contributed by atoms with Gasteiger partial charge in [-0.05, 0) is 36.1 Å². The van der Waals surface area contributed by atoms with Crippen LogP contribution in [0.1, 0.15) is 38.8 Å². The van der Waals surface area contributed by atoms with Gasteiger partial charge in [-0.2, -0.15) is 0 Å². The number of nitrogens with zero attached hydrogens (tertiary/aromatic N) is 1. The molecule has 2 N–H and O–H groups in total. The Balaban J connectivity index is 2.01. The lowest BCUT2D eigenvalue weighted by Crippen LogP contribution is -2.30. The molecule has 128 valence electrons. The van der Waals surface area contributed by atoms with E-state index >= 15 is 0 Å². The maximum absolute atomic E-state index is 12.3. The fourth-order valence-corrected chi connectivity index (χ4v) is 2.20. The predicted molar refractivity (Wildman–Crippen MR) is 94.0 cm³/mol. The minimum Gasteiger partial charge on any atom is -0.481 e. The van der Waals surface area contributed by atoms with E-state index in [0.717, 1.165) is 0 Å². The monoisotopic (exact) mass is 328 g/mol. The molecule has 0 aliphatic carbocycles. The molecular weight excluding hydrogens is 304 g/mol. The van der Waals surface area contributed by atoms with Gasteiger partial charge in [0.15, 0.2) is 6.10 Å². The van der Waals surface area contributed by atoms with Gasteiger partial charge in [-0.3, -0.25) is 9.78 Å². The third kappa shape index (κ3) is 4.55. The summed E-state index contributed by atoms with van der Waals surface area (Å²) in [6.07, 6.45) is 2.41. The molecule has 1 heterocycles. The second kappa shape index (κ2) is 7.45. The fraction of sp³-hybridized carbons (Fsp3) is 0.368. The summed E-state index contributed by atoms with van der Waals surface area (Å²) in [5.74, 6) is 0.344. The van der Waals surface area contributed by atoms with Gasteiger partial charge in [0, 0.05) is 11.8 Å². The van der Waals surface area contributed by atoms with Crippen LogP contribution < -0.4 is 10.1 Å². The largest absolute Gasteiger partial charge is 0.481 e. The third-order valence-corrected chi connectivity index (χ3v) is 3.74. The van der Waals surface area contributed by atoms with Gasteiger partial charge in [-0.15, -0.1) is 0 Å². The molecule has 1 aromatic heterocycles. The molecule has 0 radical (unpaired) electrons. The number of carbonyl (C=O) groups excluding carboxylic acids is 1. The normalized spacial score (nSPS) is 12.5. The van der Waals surface area contributed by atoms with Crippen LogP contribution >= 0.6 is 0 Å². The molecule has 5 nitrogen and oxygen atoms in total. The van der Waals surface area contributed by atoms with E-state index in [1.165, 1.54) is 11.8 Å². The van der Waals surface area contributed by atoms with Gasteiger partial charge in [0.05, 0.1) is 18.5 Å². The maximum atomic E-state index is 12.3. The molecule has 0 aliphatic heterocycles. The number of anilines is 1. The molecule has 24 heavy (non-hydrogen) atoms. The summed E-state index contributed by atoms with van der Waals surface area (Å²) < 4.78 is 5.69. The molecule has 1 atom stereocenters. The van der Waals surface area contributed by atoms with Crippen molar-refractivity contribution < 1.29 is 14.6 Å². The van der Waals surface area contributed by atoms with Gasteiger partial charge in [0.25, 0.3) is 5.91 Å². The van der Waals surface area contributed by atoms with E-state index in [1.807, 2.05) is 24.3 Å². The molecule has 5 heteroatoms. The SMILES string of the molecule is CC(Oc1ccc(C(C)(C)C)cc1)C(=O)Nc1cnccc1CO. The van der Waals surface area contributed by atoms with Crippen LogP contribution in [-0.2, 0) is 16.8 Å². The number of hydrogen-bond acceptors (Lipinski definition) is 4. The zero-order valence-electron chi connectivity index (χ0n) is 14.5. The second-order valence-corrected chi connectivity index (χ2v) is 6.71. The number of amides is 1. The lowest BCUT2D eigenvalue weighted by molar-refractivity contribution is -0.122. The van der Waals surface area contributed by atoms with Gasteiger partial charge >= 0.3 is 0 Å². The van der Waals surface area contributed by atoms with E-state index < -0.39 is 6.10 Å². The smallest absolute Gasteiger partial charge is 0.265 e. The number of carbonyl (C=O) groups is 1. The molecule has 0 saturated carbocycles. The van der Waals surface area contributed by atoms with E-state index in [1.54, 1.807) is 19.2 Å². The standard InChI is InChI=1S/C19H24N2O3/c1-13(18(23)21-17-11-20-10-9-14(17)12-22)24-16-7-5-15(6-8-16)19(2,3)4/h5-11,13,22H,12H2,1-4H3,(H,21,23). The maximum Gasteiger partial charge on any atom is 0.265 e. The van der Waals surface area contributed by atoms with Crippen LogP contribution in [-0.4, -0.2) is 22.1 Å². The Morgan fingerprint density at radius 1 is 1.25 bits per heavy atom. The Bertz CT molecular complexity index is 691. The summed E-state index contributed by atoms with van der Waals surface area (Å²) in [6, 6.07) is 9.41. The van der Waals surface area contributed by atoms with Crippen molar-refractivity contribution in [3.63, 3.8) is 0 Å². The number of ether oxygens (including phenoxy) is 1. The van der Waals surface area contributed by atoms with Gasteiger partial charge in [-0.1, -0.05) is 32.9 Å². The summed E-state index contributed by atoms with van der Waals surface area (Å²) in [4.78, 5) is 16.2. The summed E-state index contributed by atoms with van der Waals surface area (Å²) in [5.41, 5.74) is 2.38. The van der Waals surface area contributed by atoms with Crippen molar-refractivity contribution >= 4 is 11.6 Å². The topological polar surface area (TPSA) is 71.5 Å². The van der Waals surface area contributed by atoms with E-state index in [9.17, 15) is 9.90 Å². The molecule has 2 aromatic rings. The van der Waals surface area contributed by atoms with Crippen LogP contribution in [0.5, 0.6) is 5.75 Å². The minimum absolute atomic E-state index is 0.0720. The highest BCUT2D eigenvalue weighted by molar-refractivity contribution is 5.94. The average molecular weight is 328 g/mol. The number of aliphatic hydroxyl groups is 1. The predicted octanol–water partition coefficient (Wildman–Crippen LogP) is 3.28. The van der Waals surface area contributed by atoms with Crippen LogP contribution in [0.2, 0.25) is 0 Å². The zero-order chi connectivity index (χ0) is 17.7. The summed E-state index contributed by atoms with van der Waals surface area (Å²) in [6.45, 7) is 7.95. The number of rotatable bonds is 5. The Labute approximate surface area is 142 Å². The number of hydrogen-bond donors (Lipinski definition) is 2. The van der Waals surface area contributed by atoms with Crippen molar-refractivity contribution in [1.82, 2.24) is 4.98 Å². The molecule has 1 amide bonds. The average Bonchev–Trinajstić information content (AvgIpc) is 2.55. The van der Waals surface area contributed by atoms with Crippen LogP contribution in [0.25, 0.3) is 0 Å². The van der Waals surface area contributed by atoms with Crippen molar-refractivity contribution in [2.75, 3.05) is 5.32 Å². The number of aliphatic hydroxyl groups excluding tert-OH is 1. The first-order chi connectivity index (χ1) is 11.3. The molecule has 0 aliphatic rings. The Morgan fingerprint density at radius 2 is 1.92 bits per heavy atom. The fourth-order valence-electron chi connectivity index (χ4n) is 2.20. The van der Waals surface area contributed by atoms with Gasteiger partial charge in [0.2, 0.25) is 0 Å². The lowest BCUT2D eigenvalue weighted by atomic mass is 9.87. The van der Waals surface area contributed by atoms with Crippen molar-refractivity contribution in [1.29, 1.82) is 0 Å². The number of pyridine rings is 1.